The minimum atomic E-state index is -0.166. The molecule has 76 valence electrons. The Bertz CT molecular complexity index is 261. The van der Waals surface area contributed by atoms with E-state index in [1.807, 2.05) is 37.3 Å². The largest absolute Gasteiger partial charge is 0.358 e. The number of benzene rings is 1. The maximum atomic E-state index is 5.32. The van der Waals surface area contributed by atoms with Crippen LogP contribution in [0.3, 0.4) is 0 Å². The van der Waals surface area contributed by atoms with Gasteiger partial charge in [0, 0.05) is 12.3 Å². The Hall–Kier alpha value is -1.32. The van der Waals surface area contributed by atoms with E-state index in [2.05, 4.69) is 17.4 Å². The van der Waals surface area contributed by atoms with Crippen molar-refractivity contribution in [2.75, 3.05) is 12.0 Å². The lowest BCUT2D eigenvalue weighted by molar-refractivity contribution is 0.0782. The molecule has 0 spiro atoms. The van der Waals surface area contributed by atoms with Gasteiger partial charge >= 0.3 is 0 Å². The van der Waals surface area contributed by atoms with Crippen molar-refractivity contribution in [1.29, 1.82) is 0 Å². The Balaban J connectivity index is 2.35. The fourth-order valence-electron chi connectivity index (χ4n) is 1.02. The summed E-state index contributed by atoms with van der Waals surface area (Å²) >= 11 is 0. The van der Waals surface area contributed by atoms with Gasteiger partial charge in [-0.05, 0) is 25.1 Å². The lowest BCUT2D eigenvalue weighted by Gasteiger charge is -2.15. The first kappa shape index (κ1) is 10.8. The highest BCUT2D eigenvalue weighted by molar-refractivity contribution is 5.41. The van der Waals surface area contributed by atoms with Crippen molar-refractivity contribution in [2.45, 2.75) is 13.2 Å². The molecule has 1 aromatic carbocycles. The van der Waals surface area contributed by atoms with Crippen molar-refractivity contribution in [2.24, 2.45) is 0 Å². The van der Waals surface area contributed by atoms with Crippen LogP contribution in [0.5, 0.6) is 0 Å². The van der Waals surface area contributed by atoms with Gasteiger partial charge in [0.15, 0.2) is 0 Å². The Morgan fingerprint density at radius 2 is 2.14 bits per heavy atom. The summed E-state index contributed by atoms with van der Waals surface area (Å²) in [7, 11) is 0. The first-order valence-corrected chi connectivity index (χ1v) is 4.67. The number of rotatable bonds is 6. The highest BCUT2D eigenvalue weighted by Crippen LogP contribution is 2.03. The molecule has 1 atom stereocenters. The van der Waals surface area contributed by atoms with Gasteiger partial charge in [-0.15, -0.1) is 0 Å². The van der Waals surface area contributed by atoms with E-state index >= 15 is 0 Å². The second kappa shape index (κ2) is 6.18. The quantitative estimate of drug-likeness (QED) is 0.411. The van der Waals surface area contributed by atoms with E-state index in [0.717, 1.165) is 5.69 Å². The predicted molar refractivity (Wildman–Crippen MR) is 58.8 cm³/mol. The third kappa shape index (κ3) is 3.60. The summed E-state index contributed by atoms with van der Waals surface area (Å²) in [6.07, 6.45) is 1.54. The van der Waals surface area contributed by atoms with Crippen LogP contribution in [0.4, 0.5) is 5.69 Å². The van der Waals surface area contributed by atoms with Gasteiger partial charge in [-0.25, -0.2) is 5.43 Å². The van der Waals surface area contributed by atoms with E-state index in [4.69, 9.17) is 4.74 Å². The number of nitrogens with one attached hydrogen (secondary N) is 2. The molecule has 0 saturated heterocycles. The average Bonchev–Trinajstić information content (AvgIpc) is 2.25. The van der Waals surface area contributed by atoms with Gasteiger partial charge in [0.1, 0.15) is 6.23 Å². The van der Waals surface area contributed by atoms with Crippen molar-refractivity contribution in [3.05, 3.63) is 43.0 Å². The van der Waals surface area contributed by atoms with E-state index in [1.165, 1.54) is 0 Å². The molecule has 3 heteroatoms. The molecular weight excluding hydrogens is 176 g/mol. The van der Waals surface area contributed by atoms with E-state index in [1.54, 1.807) is 6.08 Å². The average molecular weight is 192 g/mol. The van der Waals surface area contributed by atoms with Crippen LogP contribution in [0, 0.1) is 0 Å². The lowest BCUT2D eigenvalue weighted by atomic mass is 10.3. The second-order valence-corrected chi connectivity index (χ2v) is 2.75. The topological polar surface area (TPSA) is 33.3 Å². The zero-order valence-corrected chi connectivity index (χ0v) is 8.36. The molecule has 3 nitrogen and oxygen atoms in total. The molecule has 0 radical (unpaired) electrons. The number of hydrogen-bond acceptors (Lipinski definition) is 3. The van der Waals surface area contributed by atoms with Crippen molar-refractivity contribution >= 4 is 5.69 Å². The summed E-state index contributed by atoms with van der Waals surface area (Å²) in [6.45, 7) is 6.26. The first-order valence-electron chi connectivity index (χ1n) is 4.67. The molecule has 0 saturated carbocycles. The lowest BCUT2D eigenvalue weighted by Crippen LogP contribution is -2.34. The molecule has 2 N–H and O–H groups in total. The van der Waals surface area contributed by atoms with Gasteiger partial charge in [0.25, 0.3) is 0 Å². The molecule has 0 aliphatic carbocycles. The van der Waals surface area contributed by atoms with E-state index < -0.39 is 0 Å². The van der Waals surface area contributed by atoms with Gasteiger partial charge < -0.3 is 10.2 Å². The molecule has 0 fully saturated rings. The highest BCUT2D eigenvalue weighted by atomic mass is 16.5. The normalized spacial score (nSPS) is 12.1. The molecule has 0 amide bonds. The molecule has 0 bridgehead atoms. The van der Waals surface area contributed by atoms with E-state index in [9.17, 15) is 0 Å². The molecule has 0 aromatic heterocycles. The first-order chi connectivity index (χ1) is 6.86. The van der Waals surface area contributed by atoms with Crippen LogP contribution in [0.15, 0.2) is 43.0 Å². The smallest absolute Gasteiger partial charge is 0.143 e. The van der Waals surface area contributed by atoms with E-state index in [-0.39, 0.29) is 6.23 Å². The molecule has 0 heterocycles. The maximum Gasteiger partial charge on any atom is 0.143 e. The fourth-order valence-corrected chi connectivity index (χ4v) is 1.02. The number of para-hydroxylation sites is 1. The van der Waals surface area contributed by atoms with Crippen molar-refractivity contribution in [3.8, 4) is 0 Å². The summed E-state index contributed by atoms with van der Waals surface area (Å²) in [5.74, 6) is 0. The maximum absolute atomic E-state index is 5.32. The number of ether oxygens (including phenoxy) is 1. The Morgan fingerprint density at radius 3 is 2.71 bits per heavy atom. The molecule has 1 aromatic rings. The summed E-state index contributed by atoms with van der Waals surface area (Å²) in [5.41, 5.74) is 7.03. The monoisotopic (exact) mass is 192 g/mol. The Morgan fingerprint density at radius 1 is 1.43 bits per heavy atom. The van der Waals surface area contributed by atoms with Crippen LogP contribution in [-0.2, 0) is 4.74 Å². The van der Waals surface area contributed by atoms with Crippen LogP contribution in [0.1, 0.15) is 6.92 Å². The standard InChI is InChI=1S/C11H16N2O/c1-3-11(14-4-2)13-12-10-8-6-5-7-9-10/h3,5-9,11-13H,1,4H2,2H3. The minimum absolute atomic E-state index is 0.166. The van der Waals surface area contributed by atoms with Crippen molar-refractivity contribution < 1.29 is 4.74 Å². The van der Waals surface area contributed by atoms with Crippen LogP contribution in [0.2, 0.25) is 0 Å². The summed E-state index contributed by atoms with van der Waals surface area (Å²) in [6, 6.07) is 9.85. The van der Waals surface area contributed by atoms with Gasteiger partial charge in [-0.3, -0.25) is 0 Å². The van der Waals surface area contributed by atoms with Crippen LogP contribution in [0.25, 0.3) is 0 Å². The van der Waals surface area contributed by atoms with Gasteiger partial charge in [-0.1, -0.05) is 24.8 Å². The van der Waals surface area contributed by atoms with Crippen LogP contribution in [-0.4, -0.2) is 12.8 Å². The number of hydrogen-bond donors (Lipinski definition) is 2. The van der Waals surface area contributed by atoms with Crippen LogP contribution < -0.4 is 10.9 Å². The molecule has 1 unspecified atom stereocenters. The highest BCUT2D eigenvalue weighted by Gasteiger charge is 1.99. The fraction of sp³-hybridized carbons (Fsp3) is 0.273. The molecule has 0 aliphatic rings. The molecule has 14 heavy (non-hydrogen) atoms. The third-order valence-corrected chi connectivity index (χ3v) is 1.69. The van der Waals surface area contributed by atoms with Crippen molar-refractivity contribution in [3.63, 3.8) is 0 Å². The Kier molecular flexibility index (Phi) is 4.75. The summed E-state index contributed by atoms with van der Waals surface area (Å²) in [4.78, 5) is 0. The molecule has 1 rings (SSSR count). The number of anilines is 1. The third-order valence-electron chi connectivity index (χ3n) is 1.69. The van der Waals surface area contributed by atoms with Gasteiger partial charge in [-0.2, -0.15) is 0 Å². The molecular formula is C11H16N2O. The summed E-state index contributed by atoms with van der Waals surface area (Å²) in [5, 5.41) is 0. The Labute approximate surface area is 84.7 Å². The second-order valence-electron chi connectivity index (χ2n) is 2.75. The predicted octanol–water partition coefficient (Wildman–Crippen LogP) is 2.15. The zero-order valence-electron chi connectivity index (χ0n) is 8.36. The zero-order chi connectivity index (χ0) is 10.2. The van der Waals surface area contributed by atoms with Gasteiger partial charge in [0.05, 0.1) is 0 Å². The molecule has 0 aliphatic heterocycles. The van der Waals surface area contributed by atoms with Crippen molar-refractivity contribution in [1.82, 2.24) is 5.43 Å². The van der Waals surface area contributed by atoms with Gasteiger partial charge in [0.2, 0.25) is 0 Å². The SMILES string of the molecule is C=CC(NNc1ccccc1)OCC. The van der Waals surface area contributed by atoms with E-state index in [0.29, 0.717) is 6.61 Å². The number of hydrazine groups is 1. The van der Waals surface area contributed by atoms with Crippen LogP contribution >= 0.6 is 0 Å². The minimum Gasteiger partial charge on any atom is -0.358 e. The summed E-state index contributed by atoms with van der Waals surface area (Å²) < 4.78 is 5.32.